The minimum absolute atomic E-state index is 0.00694. The molecule has 33 heavy (non-hydrogen) atoms. The Morgan fingerprint density at radius 3 is 2.91 bits per heavy atom. The number of fused-ring (bicyclic) bond motifs is 2. The largest absolute Gasteiger partial charge is 0.488 e. The van der Waals surface area contributed by atoms with Crippen molar-refractivity contribution in [2.75, 3.05) is 19.1 Å². The van der Waals surface area contributed by atoms with E-state index in [-0.39, 0.29) is 12.4 Å². The number of anilines is 1. The van der Waals surface area contributed by atoms with E-state index < -0.39 is 45.1 Å². The van der Waals surface area contributed by atoms with Crippen LogP contribution in [-0.4, -0.2) is 69.9 Å². The van der Waals surface area contributed by atoms with Crippen molar-refractivity contribution in [1.82, 2.24) is 19.5 Å². The molecule has 12 nitrogen and oxygen atoms in total. The van der Waals surface area contributed by atoms with Gasteiger partial charge in [0.2, 0.25) is 6.79 Å². The van der Waals surface area contributed by atoms with Crippen molar-refractivity contribution in [3.8, 4) is 11.4 Å². The highest BCUT2D eigenvalue weighted by atomic mass is 31.2. The third-order valence-corrected chi connectivity index (χ3v) is 6.79. The maximum Gasteiger partial charge on any atom is 0.488 e. The molecule has 2 fully saturated rings. The number of nitrogen functional groups attached to an aromatic ring is 1. The van der Waals surface area contributed by atoms with Crippen molar-refractivity contribution in [2.24, 2.45) is 0 Å². The van der Waals surface area contributed by atoms with Gasteiger partial charge in [-0.3, -0.25) is 9.36 Å². The van der Waals surface area contributed by atoms with Crippen LogP contribution in [0.1, 0.15) is 13.2 Å². The van der Waals surface area contributed by atoms with Gasteiger partial charge in [0.1, 0.15) is 31.0 Å². The van der Waals surface area contributed by atoms with Gasteiger partial charge in [0, 0.05) is 12.5 Å². The highest BCUT2D eigenvalue weighted by Crippen LogP contribution is 2.63. The van der Waals surface area contributed by atoms with E-state index in [0.29, 0.717) is 17.0 Å². The van der Waals surface area contributed by atoms with E-state index >= 15 is 0 Å². The molecule has 0 aliphatic carbocycles. The Labute approximate surface area is 189 Å². The second-order valence-corrected chi connectivity index (χ2v) is 9.25. The molecule has 170 valence electrons. The maximum absolute atomic E-state index is 11.2. The first-order valence-corrected chi connectivity index (χ1v) is 11.6. The molecule has 3 N–H and O–H groups in total. The molecule has 1 aromatic carbocycles. The molecule has 5 rings (SSSR count). The monoisotopic (exact) mass is 472 g/mol. The van der Waals surface area contributed by atoms with E-state index in [1.54, 1.807) is 4.57 Å². The first-order chi connectivity index (χ1) is 15.9. The third-order valence-electron chi connectivity index (χ3n) is 5.28. The average Bonchev–Trinajstić information content (AvgIpc) is 3.33. The number of hydrogen-bond acceptors (Lipinski definition) is 11. The van der Waals surface area contributed by atoms with Crippen LogP contribution in [0.5, 0.6) is 0 Å². The van der Waals surface area contributed by atoms with Crippen LogP contribution in [0.2, 0.25) is 0 Å². The van der Waals surface area contributed by atoms with Crippen LogP contribution in [-0.2, 0) is 27.8 Å². The fourth-order valence-electron chi connectivity index (χ4n) is 3.78. The van der Waals surface area contributed by atoms with E-state index in [9.17, 15) is 9.90 Å². The van der Waals surface area contributed by atoms with Gasteiger partial charge in [0.25, 0.3) is 0 Å². The second kappa shape index (κ2) is 8.60. The Morgan fingerprint density at radius 1 is 1.36 bits per heavy atom. The van der Waals surface area contributed by atoms with Crippen molar-refractivity contribution < 1.29 is 32.9 Å². The van der Waals surface area contributed by atoms with E-state index in [1.807, 2.05) is 30.3 Å². The van der Waals surface area contributed by atoms with Crippen molar-refractivity contribution in [1.29, 1.82) is 0 Å². The number of aliphatic hydroxyl groups excluding tert-OH is 1. The summed E-state index contributed by atoms with van der Waals surface area (Å²) < 4.78 is 29.2. The number of hydrogen-bond donors (Lipinski definition) is 2. The number of ether oxygens (including phenoxy) is 2. The van der Waals surface area contributed by atoms with Crippen molar-refractivity contribution in [2.45, 2.75) is 31.5 Å². The van der Waals surface area contributed by atoms with Crippen LogP contribution in [0, 0.1) is 0 Å². The number of carbonyl (C=O) groups excluding carboxylic acids is 1. The van der Waals surface area contributed by atoms with Gasteiger partial charge in [-0.15, -0.1) is 0 Å². The number of imidazole rings is 1. The molecule has 5 atom stereocenters. The summed E-state index contributed by atoms with van der Waals surface area (Å²) in [5, 5.41) is 11.2. The Hall–Kier alpha value is -2.67. The van der Waals surface area contributed by atoms with Crippen LogP contribution >= 0.6 is 7.82 Å². The predicted octanol–water partition coefficient (Wildman–Crippen LogP) is 1.13. The Morgan fingerprint density at radius 2 is 2.15 bits per heavy atom. The summed E-state index contributed by atoms with van der Waals surface area (Å²) in [4.78, 5) is 23.9. The van der Waals surface area contributed by atoms with E-state index in [4.69, 9.17) is 36.3 Å². The molecule has 2 aromatic heterocycles. The summed E-state index contributed by atoms with van der Waals surface area (Å²) in [6.07, 6.45) is -2.29. The lowest BCUT2D eigenvalue weighted by molar-refractivity contribution is -0.149. The van der Waals surface area contributed by atoms with Crippen molar-refractivity contribution >= 4 is 38.3 Å². The standard InChI is InChI=1S/C19H20BN5O7P/c1-10(26)28-9-30-33(20)29-7-12-15(32-33)14(27)19(31-12)25-17(11-5-3-2-4-6-11)24-13-16(21)22-8-23-18(13)25/h2-6,8,12,14-15,19,27H,7,9H2,1H3,(H2,21,22,23)/q+1/t12-,14+,15?,19-,33?/m1/s1. The molecule has 2 aliphatic heterocycles. The summed E-state index contributed by atoms with van der Waals surface area (Å²) >= 11 is 0. The van der Waals surface area contributed by atoms with Gasteiger partial charge >= 0.3 is 21.4 Å². The van der Waals surface area contributed by atoms with Gasteiger partial charge in [-0.1, -0.05) is 30.3 Å². The van der Waals surface area contributed by atoms with E-state index in [2.05, 4.69) is 15.0 Å². The van der Waals surface area contributed by atoms with Crippen LogP contribution in [0.3, 0.4) is 0 Å². The second-order valence-electron chi connectivity index (χ2n) is 7.45. The molecule has 2 unspecified atom stereocenters. The quantitative estimate of drug-likeness (QED) is 0.238. The number of nitrogens with two attached hydrogens (primary N) is 1. The number of nitrogens with zero attached hydrogens (tertiary/aromatic N) is 4. The number of aromatic nitrogens is 4. The van der Waals surface area contributed by atoms with Gasteiger partial charge < -0.3 is 20.3 Å². The molecule has 0 amide bonds. The van der Waals surface area contributed by atoms with Gasteiger partial charge in [-0.25, -0.2) is 15.0 Å². The minimum atomic E-state index is -3.34. The van der Waals surface area contributed by atoms with E-state index in [1.165, 1.54) is 13.3 Å². The summed E-state index contributed by atoms with van der Waals surface area (Å²) in [6.45, 7) is 0.809. The van der Waals surface area contributed by atoms with Crippen molar-refractivity contribution in [3.63, 3.8) is 0 Å². The molecule has 0 spiro atoms. The van der Waals surface area contributed by atoms with Gasteiger partial charge in [-0.2, -0.15) is 13.6 Å². The van der Waals surface area contributed by atoms with E-state index in [0.717, 1.165) is 5.56 Å². The smallest absolute Gasteiger partial charge is 0.434 e. The zero-order chi connectivity index (χ0) is 23.2. The number of carbonyl (C=O) groups is 1. The number of esters is 1. The zero-order valence-electron chi connectivity index (χ0n) is 17.5. The summed E-state index contributed by atoms with van der Waals surface area (Å²) in [6, 6.07) is 9.35. The third kappa shape index (κ3) is 4.08. The fraction of sp³-hybridized carbons (Fsp3) is 0.368. The van der Waals surface area contributed by atoms with Crippen molar-refractivity contribution in [3.05, 3.63) is 36.7 Å². The summed E-state index contributed by atoms with van der Waals surface area (Å²) in [5.41, 5.74) is 7.57. The lowest BCUT2D eigenvalue weighted by Crippen LogP contribution is -2.41. The predicted molar refractivity (Wildman–Crippen MR) is 116 cm³/mol. The molecule has 3 aromatic rings. The molecule has 0 saturated carbocycles. The number of benzene rings is 1. The SMILES string of the molecule is [B][P+]1(OCOC(C)=O)OC[C@H]2O[C@@H](n3c(-c4ccccc4)nc4c(N)ncnc43)[C@@H](O)C2O1. The topological polar surface area (TPSA) is 153 Å². The molecule has 2 aliphatic rings. The van der Waals surface area contributed by atoms with Crippen LogP contribution in [0.15, 0.2) is 36.7 Å². The molecule has 14 heteroatoms. The van der Waals surface area contributed by atoms with Gasteiger partial charge in [0.05, 0.1) is 0 Å². The van der Waals surface area contributed by atoms with Gasteiger partial charge in [-0.05, 0) is 0 Å². The molecular weight excluding hydrogens is 452 g/mol. The normalized spacial score (nSPS) is 29.2. The van der Waals surface area contributed by atoms with Crippen LogP contribution in [0.25, 0.3) is 22.6 Å². The first kappa shape index (κ1) is 22.1. The molecule has 0 bridgehead atoms. The lowest BCUT2D eigenvalue weighted by Gasteiger charge is -2.30. The Balaban J connectivity index is 1.48. The van der Waals surface area contributed by atoms with Crippen LogP contribution < -0.4 is 5.73 Å². The molecule has 4 heterocycles. The maximum atomic E-state index is 11.2. The highest BCUT2D eigenvalue weighted by Gasteiger charge is 2.58. The Bertz CT molecular complexity index is 1180. The molecule has 2 saturated heterocycles. The van der Waals surface area contributed by atoms with Crippen LogP contribution in [0.4, 0.5) is 5.82 Å². The lowest BCUT2D eigenvalue weighted by atomic mass is 10.1. The highest BCUT2D eigenvalue weighted by molar-refractivity contribution is 7.85. The fourth-order valence-corrected chi connectivity index (χ4v) is 5.13. The Kier molecular flexibility index (Phi) is 5.77. The zero-order valence-corrected chi connectivity index (χ0v) is 18.4. The number of rotatable bonds is 5. The first-order valence-electron chi connectivity index (χ1n) is 10.0. The average molecular weight is 472 g/mol. The minimum Gasteiger partial charge on any atom is -0.434 e. The molecule has 2 radical (unpaired) electrons. The number of aliphatic hydroxyl groups is 1. The summed E-state index contributed by atoms with van der Waals surface area (Å²) in [7, 11) is 2.75. The van der Waals surface area contributed by atoms with Gasteiger partial charge in [0.15, 0.2) is 29.3 Å². The molecular formula is C19H20BN5O7P+. The summed E-state index contributed by atoms with van der Waals surface area (Å²) in [5.74, 6) is 0.148.